The lowest BCUT2D eigenvalue weighted by Crippen LogP contribution is -2.14. The molecule has 0 aliphatic carbocycles. The molecule has 0 saturated carbocycles. The van der Waals surface area contributed by atoms with Crippen molar-refractivity contribution in [3.05, 3.63) is 40.7 Å². The summed E-state index contributed by atoms with van der Waals surface area (Å²) in [6.07, 6.45) is 1.38. The van der Waals surface area contributed by atoms with Gasteiger partial charge in [-0.25, -0.2) is 14.6 Å². The smallest absolute Gasteiger partial charge is 0.271 e. The summed E-state index contributed by atoms with van der Waals surface area (Å²) >= 11 is 1.19. The quantitative estimate of drug-likeness (QED) is 0.318. The number of hydrogen-bond donors (Lipinski definition) is 1. The number of hydrogen-bond acceptors (Lipinski definition) is 8. The van der Waals surface area contributed by atoms with Crippen molar-refractivity contribution < 1.29 is 9.72 Å². The number of fused-ring (bicyclic) bond motifs is 1. The van der Waals surface area contributed by atoms with E-state index in [1.54, 1.807) is 13.1 Å². The first kappa shape index (κ1) is 15.8. The van der Waals surface area contributed by atoms with Gasteiger partial charge in [-0.3, -0.25) is 14.9 Å². The SMILES string of the molecule is Cn1nnc2c(SCC(=O)Nc3cccc([N+](=O)[O-])c3)ncnc21. The van der Waals surface area contributed by atoms with Gasteiger partial charge in [-0.15, -0.1) is 5.10 Å². The van der Waals surface area contributed by atoms with Crippen LogP contribution in [0.1, 0.15) is 0 Å². The van der Waals surface area contributed by atoms with Gasteiger partial charge < -0.3 is 5.32 Å². The maximum absolute atomic E-state index is 12.0. The van der Waals surface area contributed by atoms with Crippen LogP contribution in [-0.4, -0.2) is 41.5 Å². The first-order chi connectivity index (χ1) is 11.5. The first-order valence-corrected chi connectivity index (χ1v) is 7.70. The average molecular weight is 345 g/mol. The number of aromatic nitrogens is 5. The van der Waals surface area contributed by atoms with Gasteiger partial charge in [0.1, 0.15) is 11.4 Å². The van der Waals surface area contributed by atoms with Crippen molar-refractivity contribution in [1.29, 1.82) is 0 Å². The summed E-state index contributed by atoms with van der Waals surface area (Å²) in [6.45, 7) is 0. The van der Waals surface area contributed by atoms with Crippen molar-refractivity contribution in [3.63, 3.8) is 0 Å². The van der Waals surface area contributed by atoms with Crippen LogP contribution in [0.25, 0.3) is 11.2 Å². The molecule has 1 amide bonds. The van der Waals surface area contributed by atoms with Crippen LogP contribution in [-0.2, 0) is 11.8 Å². The zero-order valence-corrected chi connectivity index (χ0v) is 13.2. The Bertz CT molecular complexity index is 927. The van der Waals surface area contributed by atoms with E-state index in [2.05, 4.69) is 25.6 Å². The third-order valence-corrected chi connectivity index (χ3v) is 4.01. The Hall–Kier alpha value is -3.08. The average Bonchev–Trinajstić information content (AvgIpc) is 2.95. The molecule has 1 N–H and O–H groups in total. The Morgan fingerprint density at radius 3 is 3.04 bits per heavy atom. The lowest BCUT2D eigenvalue weighted by atomic mass is 10.3. The van der Waals surface area contributed by atoms with Crippen LogP contribution in [0.4, 0.5) is 11.4 Å². The standard InChI is InChI=1S/C13H11N7O3S/c1-19-12-11(17-18-19)13(15-7-14-12)24-6-10(21)16-8-3-2-4-9(5-8)20(22)23/h2-5,7H,6H2,1H3,(H,16,21). The second-order valence-electron chi connectivity index (χ2n) is 4.71. The van der Waals surface area contributed by atoms with Crippen LogP contribution < -0.4 is 5.32 Å². The summed E-state index contributed by atoms with van der Waals surface area (Å²) in [4.78, 5) is 30.4. The van der Waals surface area contributed by atoms with Gasteiger partial charge in [0.2, 0.25) is 5.91 Å². The van der Waals surface area contributed by atoms with Crippen LogP contribution in [0.2, 0.25) is 0 Å². The van der Waals surface area contributed by atoms with Crippen LogP contribution >= 0.6 is 11.8 Å². The van der Waals surface area contributed by atoms with Gasteiger partial charge in [0.15, 0.2) is 11.2 Å². The lowest BCUT2D eigenvalue weighted by molar-refractivity contribution is -0.384. The van der Waals surface area contributed by atoms with Gasteiger partial charge in [0.25, 0.3) is 5.69 Å². The molecule has 0 bridgehead atoms. The van der Waals surface area contributed by atoms with Gasteiger partial charge in [0, 0.05) is 24.9 Å². The van der Waals surface area contributed by atoms with Crippen molar-refractivity contribution in [2.24, 2.45) is 7.05 Å². The van der Waals surface area contributed by atoms with Crippen molar-refractivity contribution in [1.82, 2.24) is 25.0 Å². The largest absolute Gasteiger partial charge is 0.325 e. The highest BCUT2D eigenvalue weighted by atomic mass is 32.2. The Kier molecular flexibility index (Phi) is 4.33. The minimum Gasteiger partial charge on any atom is -0.325 e. The predicted molar refractivity (Wildman–Crippen MR) is 86.5 cm³/mol. The fraction of sp³-hybridized carbons (Fsp3) is 0.154. The summed E-state index contributed by atoms with van der Waals surface area (Å²) < 4.78 is 1.52. The van der Waals surface area contributed by atoms with E-state index in [1.807, 2.05) is 0 Å². The highest BCUT2D eigenvalue weighted by molar-refractivity contribution is 8.00. The summed E-state index contributed by atoms with van der Waals surface area (Å²) in [5.74, 6) is -0.234. The van der Waals surface area contributed by atoms with Crippen LogP contribution in [0.5, 0.6) is 0 Å². The molecule has 3 rings (SSSR count). The second kappa shape index (κ2) is 6.58. The maximum atomic E-state index is 12.0. The Morgan fingerprint density at radius 2 is 2.25 bits per heavy atom. The molecule has 0 spiro atoms. The fourth-order valence-corrected chi connectivity index (χ4v) is 2.70. The van der Waals surface area contributed by atoms with E-state index < -0.39 is 4.92 Å². The number of benzene rings is 1. The van der Waals surface area contributed by atoms with Gasteiger partial charge in [-0.05, 0) is 6.07 Å². The van der Waals surface area contributed by atoms with Gasteiger partial charge in [0.05, 0.1) is 10.7 Å². The molecule has 3 aromatic rings. The molecule has 0 aliphatic heterocycles. The molecule has 10 nitrogen and oxygen atoms in total. The number of carbonyl (C=O) groups excluding carboxylic acids is 1. The highest BCUT2D eigenvalue weighted by Gasteiger charge is 2.13. The highest BCUT2D eigenvalue weighted by Crippen LogP contribution is 2.22. The molecule has 122 valence electrons. The second-order valence-corrected chi connectivity index (χ2v) is 5.67. The Balaban J connectivity index is 1.67. The number of amides is 1. The topological polar surface area (TPSA) is 129 Å². The summed E-state index contributed by atoms with van der Waals surface area (Å²) in [5, 5.41) is 21.7. The summed E-state index contributed by atoms with van der Waals surface area (Å²) in [7, 11) is 1.71. The van der Waals surface area contributed by atoms with Gasteiger partial charge in [-0.1, -0.05) is 23.0 Å². The van der Waals surface area contributed by atoms with E-state index in [0.717, 1.165) is 0 Å². The number of aryl methyl sites for hydroxylation is 1. The molecule has 2 aromatic heterocycles. The third-order valence-electron chi connectivity index (χ3n) is 3.04. The molecule has 2 heterocycles. The van der Waals surface area contributed by atoms with Crippen LogP contribution in [0, 0.1) is 10.1 Å². The van der Waals surface area contributed by atoms with Gasteiger partial charge in [-0.2, -0.15) is 0 Å². The molecule has 0 unspecified atom stereocenters. The molecular formula is C13H11N7O3S. The molecule has 24 heavy (non-hydrogen) atoms. The summed E-state index contributed by atoms with van der Waals surface area (Å²) in [5.41, 5.74) is 1.37. The number of non-ortho nitro benzene ring substituents is 1. The number of anilines is 1. The van der Waals surface area contributed by atoms with E-state index in [9.17, 15) is 14.9 Å². The number of carbonyl (C=O) groups is 1. The molecule has 1 aromatic carbocycles. The molecule has 0 radical (unpaired) electrons. The number of nitrogens with one attached hydrogen (secondary N) is 1. The summed E-state index contributed by atoms with van der Waals surface area (Å²) in [6, 6.07) is 5.75. The van der Waals surface area contributed by atoms with E-state index in [-0.39, 0.29) is 17.3 Å². The normalized spacial score (nSPS) is 10.7. The van der Waals surface area contributed by atoms with E-state index >= 15 is 0 Å². The number of nitro groups is 1. The maximum Gasteiger partial charge on any atom is 0.271 e. The first-order valence-electron chi connectivity index (χ1n) is 6.72. The third kappa shape index (κ3) is 3.30. The zero-order chi connectivity index (χ0) is 17.1. The minimum absolute atomic E-state index is 0.0748. The number of nitro benzene ring substituents is 1. The lowest BCUT2D eigenvalue weighted by Gasteiger charge is -2.05. The monoisotopic (exact) mass is 345 g/mol. The predicted octanol–water partition coefficient (Wildman–Crippen LogP) is 1.40. The van der Waals surface area contributed by atoms with E-state index in [0.29, 0.717) is 21.9 Å². The number of thioether (sulfide) groups is 1. The van der Waals surface area contributed by atoms with Crippen molar-refractivity contribution >= 4 is 40.2 Å². The minimum atomic E-state index is -0.518. The molecule has 0 saturated heterocycles. The van der Waals surface area contributed by atoms with Gasteiger partial charge >= 0.3 is 0 Å². The van der Waals surface area contributed by atoms with Crippen molar-refractivity contribution in [2.45, 2.75) is 5.03 Å². The van der Waals surface area contributed by atoms with Crippen LogP contribution in [0.15, 0.2) is 35.6 Å². The molecule has 0 atom stereocenters. The Labute approximate surface area is 139 Å². The fourth-order valence-electron chi connectivity index (χ4n) is 1.97. The van der Waals surface area contributed by atoms with E-state index in [4.69, 9.17) is 0 Å². The van der Waals surface area contributed by atoms with Crippen molar-refractivity contribution in [3.8, 4) is 0 Å². The molecule has 0 aliphatic rings. The number of rotatable bonds is 5. The zero-order valence-electron chi connectivity index (χ0n) is 12.4. The molecular weight excluding hydrogens is 334 g/mol. The van der Waals surface area contributed by atoms with E-state index in [1.165, 1.54) is 41.0 Å². The molecule has 0 fully saturated rings. The number of nitrogens with zero attached hydrogens (tertiary/aromatic N) is 6. The van der Waals surface area contributed by atoms with Crippen LogP contribution in [0.3, 0.4) is 0 Å². The molecule has 11 heteroatoms. The van der Waals surface area contributed by atoms with Crippen molar-refractivity contribution in [2.75, 3.05) is 11.1 Å². The Morgan fingerprint density at radius 1 is 1.42 bits per heavy atom.